The van der Waals surface area contributed by atoms with Crippen LogP contribution in [-0.2, 0) is 20.1 Å². The number of imidazole rings is 1. The van der Waals surface area contributed by atoms with Gasteiger partial charge in [0, 0.05) is 26.7 Å². The fourth-order valence-corrected chi connectivity index (χ4v) is 4.24. The van der Waals surface area contributed by atoms with E-state index in [0.29, 0.717) is 37.1 Å². The number of hydrogen-bond acceptors (Lipinski definition) is 5. The predicted molar refractivity (Wildman–Crippen MR) is 127 cm³/mol. The van der Waals surface area contributed by atoms with E-state index < -0.39 is 22.9 Å². The largest absolute Gasteiger partial charge is 0.388 e. The van der Waals surface area contributed by atoms with Crippen molar-refractivity contribution in [3.05, 3.63) is 63.1 Å². The molecule has 2 unspecified atom stereocenters. The minimum absolute atomic E-state index is 0.376. The fraction of sp³-hybridized carbons (Fsp3) is 0.542. The van der Waals surface area contributed by atoms with Crippen LogP contribution in [0.5, 0.6) is 0 Å². The maximum absolute atomic E-state index is 13.6. The summed E-state index contributed by atoms with van der Waals surface area (Å²) in [6.45, 7) is 7.61. The van der Waals surface area contributed by atoms with E-state index in [1.54, 1.807) is 24.9 Å². The molecule has 0 aliphatic carbocycles. The first kappa shape index (κ1) is 23.9. The van der Waals surface area contributed by atoms with Crippen molar-refractivity contribution < 1.29 is 5.11 Å². The number of fused-ring (bicyclic) bond motifs is 1. The van der Waals surface area contributed by atoms with Crippen LogP contribution in [0.4, 0.5) is 0 Å². The van der Waals surface area contributed by atoms with E-state index in [1.807, 2.05) is 39.1 Å². The van der Waals surface area contributed by atoms with Crippen LogP contribution >= 0.6 is 0 Å². The number of aliphatic hydroxyl groups is 1. The molecule has 174 valence electrons. The first-order valence-corrected chi connectivity index (χ1v) is 11.3. The Morgan fingerprint density at radius 3 is 2.50 bits per heavy atom. The summed E-state index contributed by atoms with van der Waals surface area (Å²) in [6.07, 6.45) is 3.34. The van der Waals surface area contributed by atoms with E-state index in [-0.39, 0.29) is 0 Å². The van der Waals surface area contributed by atoms with Gasteiger partial charge in [-0.25, -0.2) is 9.78 Å². The highest BCUT2D eigenvalue weighted by Crippen LogP contribution is 2.28. The molecule has 32 heavy (non-hydrogen) atoms. The Kier molecular flexibility index (Phi) is 7.36. The summed E-state index contributed by atoms with van der Waals surface area (Å²) in [4.78, 5) is 33.3. The van der Waals surface area contributed by atoms with E-state index >= 15 is 0 Å². The van der Waals surface area contributed by atoms with Gasteiger partial charge in [0.2, 0.25) is 0 Å². The second-order valence-electron chi connectivity index (χ2n) is 8.87. The number of rotatable bonds is 10. The number of aromatic nitrogens is 4. The molecule has 0 spiro atoms. The summed E-state index contributed by atoms with van der Waals surface area (Å²) in [5.74, 6) is 0. The molecule has 0 saturated heterocycles. The van der Waals surface area contributed by atoms with Crippen LogP contribution in [0.1, 0.15) is 51.6 Å². The summed E-state index contributed by atoms with van der Waals surface area (Å²) in [7, 11) is 3.63. The van der Waals surface area contributed by atoms with E-state index in [1.165, 1.54) is 14.7 Å². The lowest BCUT2D eigenvalue weighted by molar-refractivity contribution is -0.00802. The lowest BCUT2D eigenvalue weighted by atomic mass is 9.90. The van der Waals surface area contributed by atoms with Crippen LogP contribution in [0, 0.1) is 0 Å². The van der Waals surface area contributed by atoms with Crippen LogP contribution < -0.4 is 11.2 Å². The van der Waals surface area contributed by atoms with E-state index in [4.69, 9.17) is 0 Å². The molecular weight excluding hydrogens is 406 g/mol. The van der Waals surface area contributed by atoms with Crippen molar-refractivity contribution in [3.63, 3.8) is 0 Å². The van der Waals surface area contributed by atoms with Crippen molar-refractivity contribution >= 4 is 11.2 Å². The second kappa shape index (κ2) is 9.83. The number of aryl methyl sites for hydroxylation is 2. The summed E-state index contributed by atoms with van der Waals surface area (Å²) in [6, 6.07) is 9.47. The van der Waals surface area contributed by atoms with Gasteiger partial charge in [-0.1, -0.05) is 44.2 Å². The number of hydrogen-bond donors (Lipinski definition) is 1. The minimum Gasteiger partial charge on any atom is -0.388 e. The Labute approximate surface area is 188 Å². The first-order valence-electron chi connectivity index (χ1n) is 11.3. The van der Waals surface area contributed by atoms with E-state index in [9.17, 15) is 14.7 Å². The third-order valence-electron chi connectivity index (χ3n) is 6.34. The summed E-state index contributed by atoms with van der Waals surface area (Å²) < 4.78 is 4.46. The van der Waals surface area contributed by atoms with Gasteiger partial charge < -0.3 is 14.6 Å². The molecule has 3 rings (SSSR count). The fourth-order valence-electron chi connectivity index (χ4n) is 4.24. The predicted octanol–water partition coefficient (Wildman–Crippen LogP) is 2.53. The molecule has 8 heteroatoms. The van der Waals surface area contributed by atoms with Crippen LogP contribution in [0.2, 0.25) is 0 Å². The zero-order valence-corrected chi connectivity index (χ0v) is 19.8. The molecule has 0 amide bonds. The average Bonchev–Trinajstić information content (AvgIpc) is 3.19. The molecule has 3 aromatic rings. The van der Waals surface area contributed by atoms with Gasteiger partial charge in [0.25, 0.3) is 5.56 Å². The van der Waals surface area contributed by atoms with Crippen molar-refractivity contribution in [3.8, 4) is 0 Å². The monoisotopic (exact) mass is 441 g/mol. The highest BCUT2D eigenvalue weighted by molar-refractivity contribution is 5.70. The van der Waals surface area contributed by atoms with Gasteiger partial charge in [-0.05, 0) is 38.8 Å². The van der Waals surface area contributed by atoms with Gasteiger partial charge in [0.05, 0.1) is 18.0 Å². The molecule has 8 nitrogen and oxygen atoms in total. The maximum Gasteiger partial charge on any atom is 0.332 e. The Hall–Kier alpha value is -2.71. The van der Waals surface area contributed by atoms with E-state index in [0.717, 1.165) is 13.0 Å². The molecule has 0 aliphatic heterocycles. The maximum atomic E-state index is 13.6. The van der Waals surface area contributed by atoms with E-state index in [2.05, 4.69) is 22.0 Å². The third-order valence-corrected chi connectivity index (χ3v) is 6.34. The van der Waals surface area contributed by atoms with Crippen LogP contribution in [-0.4, -0.2) is 47.9 Å². The molecule has 2 atom stereocenters. The molecule has 2 heterocycles. The smallest absolute Gasteiger partial charge is 0.332 e. The first-order chi connectivity index (χ1) is 15.2. The normalized spacial score (nSPS) is 14.7. The van der Waals surface area contributed by atoms with Gasteiger partial charge in [0.15, 0.2) is 11.2 Å². The Bertz CT molecular complexity index is 1160. The standard InChI is InChI=1S/C24H35N5O3/c1-6-14-28-17-25-21-20(28)22(30)29(23(31)27(21)5)19(24(3,32)7-2)13-15-26(4)16-18-11-9-8-10-12-18/h8-12,17,19,32H,6-7,13-16H2,1-5H3. The summed E-state index contributed by atoms with van der Waals surface area (Å²) >= 11 is 0. The lowest BCUT2D eigenvalue weighted by Gasteiger charge is -2.34. The van der Waals surface area contributed by atoms with Gasteiger partial charge in [0.1, 0.15) is 0 Å². The summed E-state index contributed by atoms with van der Waals surface area (Å²) in [5.41, 5.74) is -0.0874. The zero-order chi connectivity index (χ0) is 23.5. The molecule has 1 N–H and O–H groups in total. The molecule has 2 aromatic heterocycles. The van der Waals surface area contributed by atoms with Crippen molar-refractivity contribution in [2.45, 2.75) is 64.8 Å². The Balaban J connectivity index is 2.01. The van der Waals surface area contributed by atoms with Gasteiger partial charge >= 0.3 is 5.69 Å². The van der Waals surface area contributed by atoms with Crippen LogP contribution in [0.3, 0.4) is 0 Å². The highest BCUT2D eigenvalue weighted by atomic mass is 16.3. The van der Waals surface area contributed by atoms with Crippen molar-refractivity contribution in [1.29, 1.82) is 0 Å². The molecule has 0 radical (unpaired) electrons. The van der Waals surface area contributed by atoms with Gasteiger partial charge in [-0.3, -0.25) is 13.9 Å². The van der Waals surface area contributed by atoms with Crippen molar-refractivity contribution in [2.24, 2.45) is 7.05 Å². The second-order valence-corrected chi connectivity index (χ2v) is 8.87. The van der Waals surface area contributed by atoms with Gasteiger partial charge in [-0.2, -0.15) is 0 Å². The molecule has 0 aliphatic rings. The number of nitrogens with zero attached hydrogens (tertiary/aromatic N) is 5. The van der Waals surface area contributed by atoms with Crippen molar-refractivity contribution in [1.82, 2.24) is 23.6 Å². The Morgan fingerprint density at radius 2 is 1.88 bits per heavy atom. The number of benzene rings is 1. The Morgan fingerprint density at radius 1 is 1.19 bits per heavy atom. The molecule has 0 fully saturated rings. The van der Waals surface area contributed by atoms with Crippen LogP contribution in [0.15, 0.2) is 46.2 Å². The summed E-state index contributed by atoms with van der Waals surface area (Å²) in [5, 5.41) is 11.2. The average molecular weight is 442 g/mol. The lowest BCUT2D eigenvalue weighted by Crippen LogP contribution is -2.50. The third kappa shape index (κ3) is 4.71. The van der Waals surface area contributed by atoms with Gasteiger partial charge in [-0.15, -0.1) is 0 Å². The molecular formula is C24H35N5O3. The zero-order valence-electron chi connectivity index (χ0n) is 19.8. The van der Waals surface area contributed by atoms with Crippen LogP contribution in [0.25, 0.3) is 11.2 Å². The minimum atomic E-state index is -1.22. The molecule has 1 aromatic carbocycles. The quantitative estimate of drug-likeness (QED) is 0.523. The van der Waals surface area contributed by atoms with Crippen molar-refractivity contribution in [2.75, 3.05) is 13.6 Å². The molecule has 0 saturated carbocycles. The SMILES string of the molecule is CCCn1cnc2c1c(=O)n(C(CCN(C)Cc1ccccc1)C(C)(O)CC)c(=O)n2C. The molecule has 0 bridgehead atoms. The highest BCUT2D eigenvalue weighted by Gasteiger charge is 2.35. The topological polar surface area (TPSA) is 85.3 Å².